The Morgan fingerprint density at radius 2 is 1.83 bits per heavy atom. The fourth-order valence-corrected chi connectivity index (χ4v) is 2.75. The van der Waals surface area contributed by atoms with Crippen molar-refractivity contribution in [3.8, 4) is 34.1 Å². The van der Waals surface area contributed by atoms with Gasteiger partial charge in [0.2, 0.25) is 0 Å². The molecular weight excluding hydrogens is 374 g/mol. The summed E-state index contributed by atoms with van der Waals surface area (Å²) in [7, 11) is 3.17. The lowest BCUT2D eigenvalue weighted by Crippen LogP contribution is -1.94. The Bertz CT molecular complexity index is 843. The van der Waals surface area contributed by atoms with Gasteiger partial charge in [0.15, 0.2) is 5.76 Å². The molecule has 5 nitrogen and oxygen atoms in total. The molecule has 0 radical (unpaired) electrons. The number of rotatable bonds is 5. The van der Waals surface area contributed by atoms with Gasteiger partial charge in [0.25, 0.3) is 0 Å². The van der Waals surface area contributed by atoms with E-state index in [0.29, 0.717) is 28.5 Å². The lowest BCUT2D eigenvalue weighted by atomic mass is 10.0. The van der Waals surface area contributed by atoms with Gasteiger partial charge in [-0.15, -0.1) is 0 Å². The number of aromatic nitrogens is 1. The minimum Gasteiger partial charge on any atom is -0.497 e. The highest BCUT2D eigenvalue weighted by Gasteiger charge is 2.21. The summed E-state index contributed by atoms with van der Waals surface area (Å²) in [5.41, 5.74) is 2.73. The summed E-state index contributed by atoms with van der Waals surface area (Å²) in [6.45, 7) is -0.195. The third-order valence-electron chi connectivity index (χ3n) is 3.72. The standard InChI is InChI=1S/C18H16BrNO4/c1-22-13-7-8-14(16(9-13)23-2)17-15(10-21)18(24-20-17)11-3-5-12(19)6-4-11/h3-9,21H,10H2,1-2H3. The van der Waals surface area contributed by atoms with E-state index in [1.54, 1.807) is 20.3 Å². The van der Waals surface area contributed by atoms with Crippen molar-refractivity contribution in [3.63, 3.8) is 0 Å². The zero-order valence-corrected chi connectivity index (χ0v) is 14.8. The number of methoxy groups -OCH3 is 2. The quantitative estimate of drug-likeness (QED) is 0.705. The highest BCUT2D eigenvalue weighted by Crippen LogP contribution is 2.38. The van der Waals surface area contributed by atoms with Crippen LogP contribution in [-0.4, -0.2) is 24.5 Å². The van der Waals surface area contributed by atoms with Gasteiger partial charge in [-0.1, -0.05) is 33.2 Å². The summed E-state index contributed by atoms with van der Waals surface area (Å²) in [4.78, 5) is 0. The first-order valence-corrected chi connectivity index (χ1v) is 8.05. The van der Waals surface area contributed by atoms with Gasteiger partial charge in [-0.2, -0.15) is 0 Å². The molecule has 1 heterocycles. The lowest BCUT2D eigenvalue weighted by Gasteiger charge is -2.09. The first kappa shape index (κ1) is 16.5. The van der Waals surface area contributed by atoms with E-state index >= 15 is 0 Å². The maximum atomic E-state index is 9.85. The number of halogens is 1. The molecule has 0 saturated heterocycles. The van der Waals surface area contributed by atoms with Crippen LogP contribution in [0.25, 0.3) is 22.6 Å². The van der Waals surface area contributed by atoms with Gasteiger partial charge in [-0.25, -0.2) is 0 Å². The molecule has 24 heavy (non-hydrogen) atoms. The molecule has 1 aromatic heterocycles. The van der Waals surface area contributed by atoms with Crippen LogP contribution >= 0.6 is 15.9 Å². The molecule has 0 unspecified atom stereocenters. The third kappa shape index (κ3) is 3.02. The normalized spacial score (nSPS) is 10.7. The highest BCUT2D eigenvalue weighted by molar-refractivity contribution is 9.10. The van der Waals surface area contributed by atoms with E-state index < -0.39 is 0 Å². The maximum Gasteiger partial charge on any atom is 0.173 e. The largest absolute Gasteiger partial charge is 0.497 e. The van der Waals surface area contributed by atoms with Gasteiger partial charge < -0.3 is 19.1 Å². The molecule has 0 fully saturated rings. The fraction of sp³-hybridized carbons (Fsp3) is 0.167. The maximum absolute atomic E-state index is 9.85. The van der Waals surface area contributed by atoms with Gasteiger partial charge in [0.1, 0.15) is 17.2 Å². The number of ether oxygens (including phenoxy) is 2. The van der Waals surface area contributed by atoms with Crippen LogP contribution in [0.2, 0.25) is 0 Å². The molecule has 6 heteroatoms. The van der Waals surface area contributed by atoms with E-state index in [0.717, 1.165) is 15.6 Å². The molecule has 0 aliphatic carbocycles. The number of benzene rings is 2. The Hall–Kier alpha value is -2.31. The Balaban J connectivity index is 2.11. The predicted molar refractivity (Wildman–Crippen MR) is 94.1 cm³/mol. The topological polar surface area (TPSA) is 64.7 Å². The molecular formula is C18H16BrNO4. The number of nitrogens with zero attached hydrogens (tertiary/aromatic N) is 1. The second-order valence-electron chi connectivity index (χ2n) is 5.07. The van der Waals surface area contributed by atoms with E-state index in [2.05, 4.69) is 21.1 Å². The second-order valence-corrected chi connectivity index (χ2v) is 5.99. The van der Waals surface area contributed by atoms with Crippen molar-refractivity contribution >= 4 is 15.9 Å². The first-order valence-electron chi connectivity index (χ1n) is 7.25. The number of aliphatic hydroxyl groups excluding tert-OH is 1. The van der Waals surface area contributed by atoms with Gasteiger partial charge in [-0.3, -0.25) is 0 Å². The third-order valence-corrected chi connectivity index (χ3v) is 4.25. The average molecular weight is 390 g/mol. The Kier molecular flexibility index (Phi) is 4.87. The summed E-state index contributed by atoms with van der Waals surface area (Å²) >= 11 is 3.40. The van der Waals surface area contributed by atoms with Gasteiger partial charge in [-0.05, 0) is 24.3 Å². The molecule has 0 saturated carbocycles. The van der Waals surface area contributed by atoms with Crippen molar-refractivity contribution in [2.24, 2.45) is 0 Å². The molecule has 0 aliphatic heterocycles. The van der Waals surface area contributed by atoms with Crippen LogP contribution in [0.4, 0.5) is 0 Å². The van der Waals surface area contributed by atoms with E-state index in [4.69, 9.17) is 14.0 Å². The number of hydrogen-bond acceptors (Lipinski definition) is 5. The molecule has 0 bridgehead atoms. The second kappa shape index (κ2) is 7.07. The summed E-state index contributed by atoms with van der Waals surface area (Å²) in [6.07, 6.45) is 0. The molecule has 2 aromatic carbocycles. The van der Waals surface area contributed by atoms with Crippen LogP contribution in [0.15, 0.2) is 51.5 Å². The molecule has 1 N–H and O–H groups in total. The van der Waals surface area contributed by atoms with Crippen LogP contribution in [0, 0.1) is 0 Å². The van der Waals surface area contributed by atoms with Crippen molar-refractivity contribution in [2.45, 2.75) is 6.61 Å². The fourth-order valence-electron chi connectivity index (χ4n) is 2.49. The van der Waals surface area contributed by atoms with Crippen LogP contribution in [0.5, 0.6) is 11.5 Å². The molecule has 0 spiro atoms. The van der Waals surface area contributed by atoms with Crippen molar-refractivity contribution in [3.05, 3.63) is 52.5 Å². The zero-order chi connectivity index (χ0) is 17.1. The van der Waals surface area contributed by atoms with E-state index in [9.17, 15) is 5.11 Å². The Morgan fingerprint density at radius 1 is 1.08 bits per heavy atom. The van der Waals surface area contributed by atoms with E-state index in [-0.39, 0.29) is 6.61 Å². The SMILES string of the molecule is COc1ccc(-c2noc(-c3ccc(Br)cc3)c2CO)c(OC)c1. The monoisotopic (exact) mass is 389 g/mol. The molecule has 0 amide bonds. The predicted octanol–water partition coefficient (Wildman–Crippen LogP) is 4.28. The summed E-state index contributed by atoms with van der Waals surface area (Å²) < 4.78 is 17.1. The van der Waals surface area contributed by atoms with Crippen molar-refractivity contribution < 1.29 is 19.1 Å². The van der Waals surface area contributed by atoms with E-state index in [1.165, 1.54) is 0 Å². The number of aliphatic hydroxyl groups is 1. The average Bonchev–Trinajstić information content (AvgIpc) is 3.05. The van der Waals surface area contributed by atoms with Crippen LogP contribution < -0.4 is 9.47 Å². The van der Waals surface area contributed by atoms with E-state index in [1.807, 2.05) is 36.4 Å². The molecule has 3 rings (SSSR count). The summed E-state index contributed by atoms with van der Waals surface area (Å²) in [5.74, 6) is 1.82. The summed E-state index contributed by atoms with van der Waals surface area (Å²) in [6, 6.07) is 13.0. The van der Waals surface area contributed by atoms with Gasteiger partial charge in [0, 0.05) is 21.7 Å². The minimum absolute atomic E-state index is 0.195. The van der Waals surface area contributed by atoms with Gasteiger partial charge in [0.05, 0.1) is 26.4 Å². The zero-order valence-electron chi connectivity index (χ0n) is 13.2. The Labute approximate surface area is 147 Å². The van der Waals surface area contributed by atoms with Crippen molar-refractivity contribution in [1.82, 2.24) is 5.16 Å². The molecule has 3 aromatic rings. The summed E-state index contributed by atoms with van der Waals surface area (Å²) in [5, 5.41) is 14.0. The molecule has 124 valence electrons. The molecule has 0 aliphatic rings. The first-order chi connectivity index (χ1) is 11.7. The minimum atomic E-state index is -0.195. The van der Waals surface area contributed by atoms with Crippen LogP contribution in [0.3, 0.4) is 0 Å². The number of hydrogen-bond donors (Lipinski definition) is 1. The van der Waals surface area contributed by atoms with Crippen LogP contribution in [-0.2, 0) is 6.61 Å². The lowest BCUT2D eigenvalue weighted by molar-refractivity contribution is 0.281. The van der Waals surface area contributed by atoms with Gasteiger partial charge >= 0.3 is 0 Å². The highest BCUT2D eigenvalue weighted by atomic mass is 79.9. The Morgan fingerprint density at radius 3 is 2.46 bits per heavy atom. The van der Waals surface area contributed by atoms with Crippen molar-refractivity contribution in [1.29, 1.82) is 0 Å². The smallest absolute Gasteiger partial charge is 0.173 e. The molecule has 0 atom stereocenters. The van der Waals surface area contributed by atoms with Crippen molar-refractivity contribution in [2.75, 3.05) is 14.2 Å². The van der Waals surface area contributed by atoms with Crippen LogP contribution in [0.1, 0.15) is 5.56 Å².